The third kappa shape index (κ3) is 15.9. The van der Waals surface area contributed by atoms with E-state index in [0.29, 0.717) is 0 Å². The number of rotatable bonds is 13. The topological polar surface area (TPSA) is 729 Å². The number of hydrogen-bond acceptors (Lipinski definition) is 45. The molecule has 23 aliphatic heterocycles. The van der Waals surface area contributed by atoms with Gasteiger partial charge >= 0.3 is 5.97 Å². The molecule has 23 aliphatic rings. The van der Waals surface area contributed by atoms with E-state index in [4.69, 9.17) is 85.3 Å². The lowest BCUT2D eigenvalue weighted by atomic mass is 9.95. The van der Waals surface area contributed by atoms with Gasteiger partial charge in [0.05, 0.1) is 52.9 Å². The van der Waals surface area contributed by atoms with Crippen molar-refractivity contribution >= 4 is 5.97 Å². The molecule has 45 atom stereocenters. The van der Waals surface area contributed by atoms with Crippen molar-refractivity contribution in [2.75, 3.05) is 52.9 Å². The Morgan fingerprint density at radius 2 is 0.480 bits per heavy atom. The lowest BCUT2D eigenvalue weighted by molar-refractivity contribution is -0.399. The van der Waals surface area contributed by atoms with Crippen LogP contribution in [-0.4, -0.2) is 473 Å². The van der Waals surface area contributed by atoms with Gasteiger partial charge in [-0.3, -0.25) is 0 Å². The molecule has 0 aliphatic carbocycles. The maximum Gasteiger partial charge on any atom is 0.335 e. The van der Waals surface area contributed by atoms with Crippen LogP contribution < -0.4 is 0 Å². The Hall–Kier alpha value is -2.29. The summed E-state index contributed by atoms with van der Waals surface area (Å²) in [5.41, 5.74) is 0. The Bertz CT molecular complexity index is 2540. The van der Waals surface area contributed by atoms with Gasteiger partial charge in [0.1, 0.15) is 214 Å². The van der Waals surface area contributed by atoms with Gasteiger partial charge in [-0.05, 0) is 0 Å². The molecule has 100 heavy (non-hydrogen) atoms. The second-order valence-electron chi connectivity index (χ2n) is 25.3. The summed E-state index contributed by atoms with van der Waals surface area (Å²) >= 11 is 0. The van der Waals surface area contributed by atoms with Crippen molar-refractivity contribution in [3.8, 4) is 0 Å². The summed E-state index contributed by atoms with van der Waals surface area (Å²) in [6.07, 6.45) is -96.9. The van der Waals surface area contributed by atoms with Gasteiger partial charge in [-0.1, -0.05) is 0 Å². The van der Waals surface area contributed by atoms with Crippen LogP contribution in [0.4, 0.5) is 0 Å². The summed E-state index contributed by atoms with van der Waals surface area (Å²) in [5, 5.41) is 299. The van der Waals surface area contributed by atoms with E-state index in [-0.39, 0.29) is 0 Å². The van der Waals surface area contributed by atoms with E-state index in [0.717, 1.165) is 0 Å². The van der Waals surface area contributed by atoms with Crippen molar-refractivity contribution in [2.24, 2.45) is 0 Å². The van der Waals surface area contributed by atoms with Gasteiger partial charge in [0.25, 0.3) is 0 Å². The predicted molar refractivity (Wildman–Crippen MR) is 294 cm³/mol. The first-order valence-electron chi connectivity index (χ1n) is 31.6. The Morgan fingerprint density at radius 1 is 0.240 bits per heavy atom. The van der Waals surface area contributed by atoms with Crippen molar-refractivity contribution < 1.29 is 228 Å². The molecular formula is C54H88O46. The highest BCUT2D eigenvalue weighted by molar-refractivity contribution is 5.73. The highest BCUT2D eigenvalue weighted by Crippen LogP contribution is 2.40. The number of carbonyl (C=O) groups is 1. The first-order valence-corrected chi connectivity index (χ1v) is 31.6. The monoisotopic (exact) mass is 1470 g/mol. The minimum absolute atomic E-state index is 1.10. The standard InChI is InChI=1S/C54H88O46/c55-1-9-36(98-54-27(72)17(62)18(63)44(100-54)45(81)82)19(64)28(73)46(84-9)83-8-16-43-26(71)35(80)53(91-16)97-42-15(7-61)89-51(33(78)24(42)69)95-40-13(5-59)87-49(31(76)22(40)67)93-38-11(3-57)85-47(29(74)20(38)65)92-37-10(2-56)86-48(30(75)21(37)66)94-39-12(4-58)88-50(32(77)23(39)68)96-41-14(6-60)90-52(99-43)34(79)25(41)70/h9-44,46-80H,1-8H2,(H,81,82)/t9-,10-,11-,12-,13-,14-,15-,16-,17+,18+,19-,20-,21-,22-,23-,24-,25-,26-,27-,28-,29-,30-,31-,32-,33-,34-,35-,36-,37-,38-,39-,40-,41-,42-,43-,44+,46+,47-,48-,49-,50-,51-,52-,53-,54+/m1/s1. The Balaban J connectivity index is 0.938. The van der Waals surface area contributed by atoms with E-state index in [1.807, 2.05) is 0 Å². The lowest BCUT2D eigenvalue weighted by Gasteiger charge is -2.50. The lowest BCUT2D eigenvalue weighted by Crippen LogP contribution is -2.68. The highest BCUT2D eigenvalue weighted by Gasteiger charge is 2.61. The fourth-order valence-electron chi connectivity index (χ4n) is 13.3. The minimum atomic E-state index is -2.45. The van der Waals surface area contributed by atoms with Crippen molar-refractivity contribution in [3.05, 3.63) is 0 Å². The molecule has 23 fully saturated rings. The highest BCUT2D eigenvalue weighted by atomic mass is 16.8. The van der Waals surface area contributed by atoms with E-state index in [1.54, 1.807) is 0 Å². The summed E-state index contributed by atoms with van der Waals surface area (Å²) in [5.74, 6) is -1.83. The predicted octanol–water partition coefficient (Wildman–Crippen LogP) is -19.5. The third-order valence-electron chi connectivity index (χ3n) is 19.0. The summed E-state index contributed by atoms with van der Waals surface area (Å²) < 4.78 is 103. The molecule has 0 aromatic carbocycles. The Kier molecular flexibility index (Phi) is 27.2. The first-order chi connectivity index (χ1) is 47.5. The van der Waals surface area contributed by atoms with Crippen LogP contribution in [0.25, 0.3) is 0 Å². The van der Waals surface area contributed by atoms with Crippen LogP contribution in [0.3, 0.4) is 0 Å². The summed E-state index contributed by atoms with van der Waals surface area (Å²) in [7, 11) is 0. The molecule has 0 unspecified atom stereocenters. The number of aliphatic hydroxyl groups is 26. The number of hydrogen-bond donors (Lipinski definition) is 27. The molecule has 46 heteroatoms. The van der Waals surface area contributed by atoms with Crippen LogP contribution in [0.2, 0.25) is 0 Å². The summed E-state index contributed by atoms with van der Waals surface area (Å²) in [6.45, 7) is -9.13. The van der Waals surface area contributed by atoms with Crippen molar-refractivity contribution in [2.45, 2.75) is 276 Å². The Morgan fingerprint density at radius 3 is 0.730 bits per heavy atom. The number of ether oxygens (including phenoxy) is 18. The average Bonchev–Trinajstić information content (AvgIpc) is 0.779. The number of aliphatic hydroxyl groups excluding tert-OH is 26. The molecule has 23 saturated heterocycles. The molecule has 14 bridgehead atoms. The van der Waals surface area contributed by atoms with Crippen LogP contribution in [0.5, 0.6) is 0 Å². The van der Waals surface area contributed by atoms with Crippen molar-refractivity contribution in [3.63, 3.8) is 0 Å². The van der Waals surface area contributed by atoms with Crippen molar-refractivity contribution in [1.29, 1.82) is 0 Å². The van der Waals surface area contributed by atoms with Crippen LogP contribution in [0.15, 0.2) is 0 Å². The summed E-state index contributed by atoms with van der Waals surface area (Å²) in [4.78, 5) is 11.8. The average molecular weight is 1470 g/mol. The van der Waals surface area contributed by atoms with E-state index in [2.05, 4.69) is 0 Å². The maximum absolute atomic E-state index is 12.0. The normalized spacial score (nSPS) is 54.6. The molecule has 0 aromatic heterocycles. The van der Waals surface area contributed by atoms with Gasteiger partial charge < -0.3 is 223 Å². The third-order valence-corrected chi connectivity index (χ3v) is 19.0. The zero-order valence-corrected chi connectivity index (χ0v) is 52.0. The molecule has 23 rings (SSSR count). The molecular weight excluding hydrogens is 1380 g/mol. The fraction of sp³-hybridized carbons (Fsp3) is 0.981. The van der Waals surface area contributed by atoms with Gasteiger partial charge in [0.2, 0.25) is 0 Å². The second-order valence-corrected chi connectivity index (χ2v) is 25.3. The molecule has 0 saturated carbocycles. The van der Waals surface area contributed by atoms with Gasteiger partial charge in [-0.2, -0.15) is 0 Å². The summed E-state index contributed by atoms with van der Waals surface area (Å²) in [6, 6.07) is 0. The van der Waals surface area contributed by atoms with Crippen LogP contribution in [0.1, 0.15) is 0 Å². The number of carboxylic acids is 1. The maximum atomic E-state index is 12.0. The molecule has 0 aromatic rings. The van der Waals surface area contributed by atoms with E-state index < -0.39 is 335 Å². The van der Waals surface area contributed by atoms with E-state index in [1.165, 1.54) is 0 Å². The fourth-order valence-corrected chi connectivity index (χ4v) is 13.3. The minimum Gasteiger partial charge on any atom is -0.479 e. The van der Waals surface area contributed by atoms with Gasteiger partial charge in [-0.15, -0.1) is 0 Å². The van der Waals surface area contributed by atoms with Gasteiger partial charge in [0.15, 0.2) is 62.7 Å². The Labute approximate surface area is 562 Å². The second kappa shape index (κ2) is 33.9. The molecule has 0 amide bonds. The number of aliphatic carboxylic acids is 1. The van der Waals surface area contributed by atoms with E-state index in [9.17, 15) is 143 Å². The zero-order chi connectivity index (χ0) is 72.9. The van der Waals surface area contributed by atoms with Crippen LogP contribution >= 0.6 is 0 Å². The molecule has 23 heterocycles. The van der Waals surface area contributed by atoms with Crippen LogP contribution in [-0.2, 0) is 90.1 Å². The zero-order valence-electron chi connectivity index (χ0n) is 52.0. The van der Waals surface area contributed by atoms with Crippen molar-refractivity contribution in [1.82, 2.24) is 0 Å². The van der Waals surface area contributed by atoms with E-state index >= 15 is 0 Å². The molecule has 27 N–H and O–H groups in total. The molecule has 46 nitrogen and oxygen atoms in total. The van der Waals surface area contributed by atoms with Gasteiger partial charge in [-0.25, -0.2) is 4.79 Å². The smallest absolute Gasteiger partial charge is 0.335 e. The largest absolute Gasteiger partial charge is 0.479 e. The molecule has 580 valence electrons. The molecule has 0 spiro atoms. The SMILES string of the molecule is O=C(O)[C@H]1O[C@H](O[C@H]2[C@H](O)[C@@H](O)[C@@H](OC[C@H]3O[C@@H]4O[C@H]5[C@H](O)[C@@H](O)[C@@H](O[C@H]6[C@H](O)[C@@H](O)[C@@H](O[C@H]7[C@H](O)[C@@H](O)[C@@H](O[C@H]8[C@H](O)[C@@H](O)[C@@H](O[C@H]9[C@H](O)[C@@H](O)[C@@H](O[C@H]%10[C@H](O)[C@@H](O)[C@@H](O[C@H]3[C@H](O)[C@H]4O)O[C@@H]%10CO)O[C@@H]9CO)O[C@@H]8CO)O[C@@H]7CO)O[C@@H]6CO)O[C@@H]5CO)O[C@@H]2CO)[C@H](O)[C@@H](O)[C@@H]1O. The number of carboxylic acid groups (broad SMARTS) is 1. The van der Waals surface area contributed by atoms with Crippen LogP contribution in [0, 0.1) is 0 Å². The quantitative estimate of drug-likeness (QED) is 0.0814. The first kappa shape index (κ1) is 80.3. The molecule has 0 radical (unpaired) electrons. The van der Waals surface area contributed by atoms with Gasteiger partial charge in [0, 0.05) is 0 Å².